The Morgan fingerprint density at radius 1 is 1.37 bits per heavy atom. The molecule has 0 spiro atoms. The van der Waals surface area contributed by atoms with Crippen LogP contribution in [0.2, 0.25) is 0 Å². The molecule has 1 amide bonds. The van der Waals surface area contributed by atoms with Crippen LogP contribution in [0.15, 0.2) is 24.4 Å². The minimum absolute atomic E-state index is 0.164. The van der Waals surface area contributed by atoms with Crippen molar-refractivity contribution in [2.75, 3.05) is 7.05 Å². The first-order valence-electron chi connectivity index (χ1n) is 5.58. The number of hydrogen-bond donors (Lipinski definition) is 1. The fourth-order valence-electron chi connectivity index (χ4n) is 1.66. The third kappa shape index (κ3) is 2.59. The largest absolute Gasteiger partial charge is 0.334 e. The molecule has 1 heterocycles. The lowest BCUT2D eigenvalue weighted by atomic mass is 10.1. The van der Waals surface area contributed by atoms with Crippen LogP contribution in [-0.4, -0.2) is 33.3 Å². The normalized spacial score (nSPS) is 12.2. The summed E-state index contributed by atoms with van der Waals surface area (Å²) in [5, 5.41) is 9.58. The van der Waals surface area contributed by atoms with Crippen LogP contribution >= 0.6 is 0 Å². The van der Waals surface area contributed by atoms with E-state index >= 15 is 0 Å². The summed E-state index contributed by atoms with van der Waals surface area (Å²) in [6.07, 6.45) is 1.30. The van der Waals surface area contributed by atoms with Crippen molar-refractivity contribution < 1.29 is 13.6 Å². The zero-order valence-electron chi connectivity index (χ0n) is 10.4. The topological polar surface area (TPSA) is 61.9 Å². The Labute approximate surface area is 108 Å². The van der Waals surface area contributed by atoms with Crippen molar-refractivity contribution in [2.45, 2.75) is 13.0 Å². The summed E-state index contributed by atoms with van der Waals surface area (Å²) in [6, 6.07) is 3.14. The van der Waals surface area contributed by atoms with Gasteiger partial charge in [0.15, 0.2) is 17.3 Å². The molecular weight excluding hydrogens is 254 g/mol. The van der Waals surface area contributed by atoms with Crippen molar-refractivity contribution in [3.05, 3.63) is 47.3 Å². The molecule has 7 heteroatoms. The molecule has 1 N–H and O–H groups in total. The Kier molecular flexibility index (Phi) is 3.55. The van der Waals surface area contributed by atoms with Gasteiger partial charge in [-0.15, -0.1) is 0 Å². The molecule has 1 atom stereocenters. The number of H-pyrrole nitrogens is 1. The van der Waals surface area contributed by atoms with Crippen LogP contribution in [0.5, 0.6) is 0 Å². The molecule has 0 radical (unpaired) electrons. The van der Waals surface area contributed by atoms with E-state index in [0.717, 1.165) is 12.1 Å². The smallest absolute Gasteiger partial charge is 0.276 e. The Morgan fingerprint density at radius 2 is 2.11 bits per heavy atom. The maximum absolute atomic E-state index is 13.2. The van der Waals surface area contributed by atoms with Crippen LogP contribution in [0, 0.1) is 11.6 Å². The predicted molar refractivity (Wildman–Crippen MR) is 63.2 cm³/mol. The third-order valence-electron chi connectivity index (χ3n) is 2.96. The first-order valence-corrected chi connectivity index (χ1v) is 5.58. The van der Waals surface area contributed by atoms with E-state index in [4.69, 9.17) is 0 Å². The number of aromatic nitrogens is 3. The minimum atomic E-state index is -0.938. The molecule has 0 aliphatic carbocycles. The van der Waals surface area contributed by atoms with Crippen molar-refractivity contribution >= 4 is 5.91 Å². The van der Waals surface area contributed by atoms with E-state index < -0.39 is 17.7 Å². The van der Waals surface area contributed by atoms with Gasteiger partial charge in [0, 0.05) is 7.05 Å². The summed E-state index contributed by atoms with van der Waals surface area (Å²) in [6.45, 7) is 1.71. The van der Waals surface area contributed by atoms with Crippen molar-refractivity contribution in [2.24, 2.45) is 0 Å². The summed E-state index contributed by atoms with van der Waals surface area (Å²) < 4.78 is 26.0. The molecule has 0 bridgehead atoms. The van der Waals surface area contributed by atoms with Crippen LogP contribution in [0.3, 0.4) is 0 Å². The van der Waals surface area contributed by atoms with E-state index in [-0.39, 0.29) is 11.6 Å². The number of carbonyl (C=O) groups is 1. The second-order valence-corrected chi connectivity index (χ2v) is 4.12. The first kappa shape index (κ1) is 13.1. The van der Waals surface area contributed by atoms with E-state index in [1.807, 2.05) is 0 Å². The van der Waals surface area contributed by atoms with Gasteiger partial charge >= 0.3 is 0 Å². The predicted octanol–water partition coefficient (Wildman–Crippen LogP) is 1.92. The Bertz CT molecular complexity index is 585. The van der Waals surface area contributed by atoms with Gasteiger partial charge in [-0.3, -0.25) is 4.79 Å². The maximum atomic E-state index is 13.2. The zero-order chi connectivity index (χ0) is 14.0. The molecule has 0 aliphatic rings. The van der Waals surface area contributed by atoms with Gasteiger partial charge in [-0.05, 0) is 24.6 Å². The Morgan fingerprint density at radius 3 is 2.68 bits per heavy atom. The van der Waals surface area contributed by atoms with Gasteiger partial charge in [0.1, 0.15) is 0 Å². The SMILES string of the molecule is CC(c1ccc(F)c(F)c1)N(C)C(=O)c1cn[nH]n1. The van der Waals surface area contributed by atoms with Gasteiger partial charge < -0.3 is 4.90 Å². The molecule has 1 unspecified atom stereocenters. The highest BCUT2D eigenvalue weighted by atomic mass is 19.2. The lowest BCUT2D eigenvalue weighted by Gasteiger charge is -2.24. The van der Waals surface area contributed by atoms with E-state index in [9.17, 15) is 13.6 Å². The first-order chi connectivity index (χ1) is 9.00. The molecule has 0 fully saturated rings. The molecule has 100 valence electrons. The standard InChI is InChI=1S/C12H12F2N4O/c1-7(8-3-4-9(13)10(14)5-8)18(2)12(19)11-6-15-17-16-11/h3-7H,1-2H3,(H,15,16,17). The average Bonchev–Trinajstić information content (AvgIpc) is 2.93. The molecule has 0 aliphatic heterocycles. The second-order valence-electron chi connectivity index (χ2n) is 4.12. The number of rotatable bonds is 3. The lowest BCUT2D eigenvalue weighted by Crippen LogP contribution is -2.30. The van der Waals surface area contributed by atoms with Gasteiger partial charge in [0.25, 0.3) is 5.91 Å². The summed E-state index contributed by atoms with van der Waals surface area (Å²) in [5.41, 5.74) is 0.662. The Hall–Kier alpha value is -2.31. The van der Waals surface area contributed by atoms with Gasteiger partial charge in [0.05, 0.1) is 12.2 Å². The summed E-state index contributed by atoms with van der Waals surface area (Å²) in [4.78, 5) is 13.4. The number of nitrogens with zero attached hydrogens (tertiary/aromatic N) is 3. The molecule has 5 nitrogen and oxygen atoms in total. The minimum Gasteiger partial charge on any atom is -0.334 e. The zero-order valence-corrected chi connectivity index (χ0v) is 10.4. The van der Waals surface area contributed by atoms with Crippen molar-refractivity contribution in [3.8, 4) is 0 Å². The van der Waals surface area contributed by atoms with Gasteiger partial charge in [-0.1, -0.05) is 6.07 Å². The van der Waals surface area contributed by atoms with E-state index in [0.29, 0.717) is 5.56 Å². The van der Waals surface area contributed by atoms with Crippen molar-refractivity contribution in [1.82, 2.24) is 20.3 Å². The van der Waals surface area contributed by atoms with E-state index in [1.165, 1.54) is 17.2 Å². The van der Waals surface area contributed by atoms with Crippen molar-refractivity contribution in [3.63, 3.8) is 0 Å². The highest BCUT2D eigenvalue weighted by Crippen LogP contribution is 2.21. The molecule has 1 aromatic carbocycles. The second kappa shape index (κ2) is 5.13. The molecule has 1 aromatic heterocycles. The summed E-state index contributed by atoms with van der Waals surface area (Å²) >= 11 is 0. The molecule has 2 aromatic rings. The quantitative estimate of drug-likeness (QED) is 0.923. The molecule has 19 heavy (non-hydrogen) atoms. The average molecular weight is 266 g/mol. The number of halogens is 2. The number of aromatic amines is 1. The van der Waals surface area contributed by atoms with Crippen LogP contribution in [0.25, 0.3) is 0 Å². The van der Waals surface area contributed by atoms with Crippen LogP contribution < -0.4 is 0 Å². The van der Waals surface area contributed by atoms with E-state index in [1.54, 1.807) is 14.0 Å². The summed E-state index contributed by atoms with van der Waals surface area (Å²) in [7, 11) is 1.56. The van der Waals surface area contributed by atoms with Gasteiger partial charge in [0.2, 0.25) is 0 Å². The lowest BCUT2D eigenvalue weighted by molar-refractivity contribution is 0.0736. The fourth-order valence-corrected chi connectivity index (χ4v) is 1.66. The maximum Gasteiger partial charge on any atom is 0.276 e. The number of nitrogens with one attached hydrogen (secondary N) is 1. The molecule has 0 saturated carbocycles. The third-order valence-corrected chi connectivity index (χ3v) is 2.96. The number of carbonyl (C=O) groups excluding carboxylic acids is 1. The Balaban J connectivity index is 2.21. The number of hydrogen-bond acceptors (Lipinski definition) is 3. The van der Waals surface area contributed by atoms with E-state index in [2.05, 4.69) is 15.4 Å². The number of amides is 1. The van der Waals surface area contributed by atoms with Gasteiger partial charge in [-0.25, -0.2) is 8.78 Å². The summed E-state index contributed by atoms with van der Waals surface area (Å²) in [5.74, 6) is -2.21. The van der Waals surface area contributed by atoms with Crippen LogP contribution in [0.1, 0.15) is 29.0 Å². The molecule has 2 rings (SSSR count). The molecular formula is C12H12F2N4O. The molecule has 0 saturated heterocycles. The van der Waals surface area contributed by atoms with Crippen LogP contribution in [0.4, 0.5) is 8.78 Å². The van der Waals surface area contributed by atoms with Crippen molar-refractivity contribution in [1.29, 1.82) is 0 Å². The van der Waals surface area contributed by atoms with Gasteiger partial charge in [-0.2, -0.15) is 15.4 Å². The number of benzene rings is 1. The fraction of sp³-hybridized carbons (Fsp3) is 0.250. The monoisotopic (exact) mass is 266 g/mol. The van der Waals surface area contributed by atoms with Crippen LogP contribution in [-0.2, 0) is 0 Å². The highest BCUT2D eigenvalue weighted by molar-refractivity contribution is 5.91. The highest BCUT2D eigenvalue weighted by Gasteiger charge is 2.21.